The Hall–Kier alpha value is -1.50. The molecule has 5 nitrogen and oxygen atoms in total. The highest BCUT2D eigenvalue weighted by atomic mass is 32.1. The standard InChI is InChI=1S/C14H18N4OS/c1-17-6-8-18(9-7-17)10-13(19)16-14-15-11-4-2-3-5-12(11)20-14/h2-5H,6-10H2,1H3,(H,15,16,19)/p+2. The van der Waals surface area contributed by atoms with Gasteiger partial charge in [0.1, 0.15) is 26.2 Å². The van der Waals surface area contributed by atoms with Crippen LogP contribution in [0, 0.1) is 0 Å². The Morgan fingerprint density at radius 2 is 2.05 bits per heavy atom. The molecule has 0 radical (unpaired) electrons. The maximum atomic E-state index is 12.1. The number of anilines is 1. The van der Waals surface area contributed by atoms with E-state index in [0.29, 0.717) is 11.7 Å². The maximum absolute atomic E-state index is 12.1. The number of hydrogen-bond donors (Lipinski definition) is 3. The molecule has 0 unspecified atom stereocenters. The van der Waals surface area contributed by atoms with Crippen LogP contribution in [0.1, 0.15) is 0 Å². The van der Waals surface area contributed by atoms with Gasteiger partial charge in [-0.1, -0.05) is 23.5 Å². The van der Waals surface area contributed by atoms with Gasteiger partial charge in [0.2, 0.25) is 0 Å². The number of thiazole rings is 1. The smallest absolute Gasteiger partial charge is 0.281 e. The van der Waals surface area contributed by atoms with Crippen LogP contribution in [0.25, 0.3) is 10.2 Å². The number of hydrogen-bond acceptors (Lipinski definition) is 3. The van der Waals surface area contributed by atoms with Gasteiger partial charge in [-0.2, -0.15) is 0 Å². The fourth-order valence-electron chi connectivity index (χ4n) is 2.52. The van der Waals surface area contributed by atoms with Crippen molar-refractivity contribution >= 4 is 32.6 Å². The van der Waals surface area contributed by atoms with E-state index in [1.165, 1.54) is 16.2 Å². The summed E-state index contributed by atoms with van der Waals surface area (Å²) in [7, 11) is 2.21. The molecule has 2 aromatic rings. The molecule has 3 N–H and O–H groups in total. The Morgan fingerprint density at radius 3 is 2.80 bits per heavy atom. The third kappa shape index (κ3) is 3.15. The topological polar surface area (TPSA) is 50.9 Å². The summed E-state index contributed by atoms with van der Waals surface area (Å²) >= 11 is 1.53. The quantitative estimate of drug-likeness (QED) is 0.655. The largest absolute Gasteiger partial charge is 0.328 e. The van der Waals surface area contributed by atoms with E-state index in [9.17, 15) is 4.79 Å². The number of fused-ring (bicyclic) bond motifs is 1. The van der Waals surface area contributed by atoms with Crippen LogP contribution >= 0.6 is 11.3 Å². The number of piperazine rings is 1. The molecule has 3 rings (SSSR count). The van der Waals surface area contributed by atoms with Crippen molar-refractivity contribution in [3.05, 3.63) is 24.3 Å². The van der Waals surface area contributed by atoms with Crippen LogP contribution in [0.15, 0.2) is 24.3 Å². The van der Waals surface area contributed by atoms with E-state index in [4.69, 9.17) is 0 Å². The number of aromatic nitrogens is 1. The summed E-state index contributed by atoms with van der Waals surface area (Å²) in [6.45, 7) is 4.97. The van der Waals surface area contributed by atoms with Crippen LogP contribution in [0.5, 0.6) is 0 Å². The summed E-state index contributed by atoms with van der Waals surface area (Å²) < 4.78 is 1.11. The van der Waals surface area contributed by atoms with Gasteiger partial charge >= 0.3 is 0 Å². The van der Waals surface area contributed by atoms with Crippen LogP contribution in [-0.4, -0.2) is 50.7 Å². The summed E-state index contributed by atoms with van der Waals surface area (Å²) in [5, 5.41) is 3.63. The second-order valence-electron chi connectivity index (χ2n) is 5.42. The third-order valence-electron chi connectivity index (χ3n) is 3.76. The number of likely N-dealkylation sites (N-methyl/N-ethyl adjacent to an activating group) is 1. The maximum Gasteiger partial charge on any atom is 0.281 e. The number of nitrogens with one attached hydrogen (secondary N) is 3. The normalized spacial score (nSPS) is 22.9. The molecular formula is C14H20N4OS+2. The van der Waals surface area contributed by atoms with Gasteiger partial charge in [0.25, 0.3) is 5.91 Å². The lowest BCUT2D eigenvalue weighted by Gasteiger charge is -2.26. The number of carbonyl (C=O) groups is 1. The fourth-order valence-corrected chi connectivity index (χ4v) is 3.41. The van der Waals surface area contributed by atoms with Crippen molar-refractivity contribution in [1.29, 1.82) is 0 Å². The number of carbonyl (C=O) groups excluding carboxylic acids is 1. The molecule has 1 fully saturated rings. The lowest BCUT2D eigenvalue weighted by atomic mass is 10.3. The molecule has 0 spiro atoms. The minimum absolute atomic E-state index is 0.0682. The predicted molar refractivity (Wildman–Crippen MR) is 80.4 cm³/mol. The molecular weight excluding hydrogens is 272 g/mol. The van der Waals surface area contributed by atoms with Crippen LogP contribution in [0.3, 0.4) is 0 Å². The summed E-state index contributed by atoms with van der Waals surface area (Å²) in [5.41, 5.74) is 0.948. The van der Waals surface area contributed by atoms with E-state index >= 15 is 0 Å². The molecule has 0 bridgehead atoms. The van der Waals surface area contributed by atoms with E-state index in [2.05, 4.69) is 17.3 Å². The first-order valence-electron chi connectivity index (χ1n) is 7.01. The van der Waals surface area contributed by atoms with Gasteiger partial charge in [-0.25, -0.2) is 4.98 Å². The molecule has 1 aromatic heterocycles. The van der Waals surface area contributed by atoms with Crippen LogP contribution < -0.4 is 15.1 Å². The average molecular weight is 292 g/mol. The van der Waals surface area contributed by atoms with Gasteiger partial charge in [-0.3, -0.25) is 10.1 Å². The number of para-hydroxylation sites is 1. The van der Waals surface area contributed by atoms with Gasteiger partial charge in [-0.05, 0) is 12.1 Å². The molecule has 106 valence electrons. The Kier molecular flexibility index (Phi) is 3.95. The molecule has 1 saturated heterocycles. The number of benzene rings is 1. The van der Waals surface area contributed by atoms with Crippen molar-refractivity contribution < 1.29 is 14.6 Å². The highest BCUT2D eigenvalue weighted by Gasteiger charge is 2.22. The van der Waals surface area contributed by atoms with Gasteiger partial charge in [-0.15, -0.1) is 0 Å². The first-order chi connectivity index (χ1) is 9.70. The Labute approximate surface area is 122 Å². The van der Waals surface area contributed by atoms with Crippen molar-refractivity contribution in [2.45, 2.75) is 0 Å². The molecule has 1 amide bonds. The first-order valence-corrected chi connectivity index (χ1v) is 7.82. The summed E-state index contributed by atoms with van der Waals surface area (Å²) in [5.74, 6) is 0.0682. The van der Waals surface area contributed by atoms with Crippen molar-refractivity contribution in [2.24, 2.45) is 0 Å². The fraction of sp³-hybridized carbons (Fsp3) is 0.429. The summed E-state index contributed by atoms with van der Waals surface area (Å²) in [4.78, 5) is 19.4. The second-order valence-corrected chi connectivity index (χ2v) is 6.45. The monoisotopic (exact) mass is 292 g/mol. The minimum atomic E-state index is 0.0682. The predicted octanol–water partition coefficient (Wildman–Crippen LogP) is -1.35. The lowest BCUT2D eigenvalue weighted by Crippen LogP contribution is -3.27. The van der Waals surface area contributed by atoms with Crippen LogP contribution in [-0.2, 0) is 4.79 Å². The average Bonchev–Trinajstić information content (AvgIpc) is 2.83. The lowest BCUT2D eigenvalue weighted by molar-refractivity contribution is -0.999. The molecule has 1 aliphatic rings. The third-order valence-corrected chi connectivity index (χ3v) is 4.71. The zero-order chi connectivity index (χ0) is 13.9. The Bertz CT molecular complexity index is 571. The zero-order valence-corrected chi connectivity index (χ0v) is 12.4. The van der Waals surface area contributed by atoms with Crippen molar-refractivity contribution in [3.8, 4) is 0 Å². The molecule has 1 aromatic carbocycles. The van der Waals surface area contributed by atoms with Crippen LogP contribution in [0.4, 0.5) is 5.13 Å². The highest BCUT2D eigenvalue weighted by molar-refractivity contribution is 7.22. The van der Waals surface area contributed by atoms with Gasteiger partial charge < -0.3 is 9.80 Å². The van der Waals surface area contributed by atoms with Gasteiger partial charge in [0, 0.05) is 0 Å². The Morgan fingerprint density at radius 1 is 1.30 bits per heavy atom. The molecule has 2 heterocycles. The molecule has 20 heavy (non-hydrogen) atoms. The molecule has 0 saturated carbocycles. The number of nitrogens with zero attached hydrogens (tertiary/aromatic N) is 1. The van der Waals surface area contributed by atoms with Crippen molar-refractivity contribution in [3.63, 3.8) is 0 Å². The van der Waals surface area contributed by atoms with Gasteiger partial charge in [0.15, 0.2) is 11.7 Å². The van der Waals surface area contributed by atoms with Gasteiger partial charge in [0.05, 0.1) is 17.3 Å². The van der Waals surface area contributed by atoms with Crippen LogP contribution in [0.2, 0.25) is 0 Å². The molecule has 6 heteroatoms. The van der Waals surface area contributed by atoms with E-state index in [1.807, 2.05) is 24.3 Å². The minimum Gasteiger partial charge on any atom is -0.328 e. The highest BCUT2D eigenvalue weighted by Crippen LogP contribution is 2.24. The molecule has 0 atom stereocenters. The van der Waals surface area contributed by atoms with E-state index < -0.39 is 0 Å². The summed E-state index contributed by atoms with van der Waals surface area (Å²) in [6.07, 6.45) is 0. The molecule has 1 aliphatic heterocycles. The Balaban J connectivity index is 1.58. The first kappa shape index (κ1) is 13.5. The number of rotatable bonds is 3. The van der Waals surface area contributed by atoms with E-state index in [-0.39, 0.29) is 5.91 Å². The number of quaternary nitrogens is 2. The van der Waals surface area contributed by atoms with Crippen molar-refractivity contribution in [2.75, 3.05) is 45.1 Å². The number of amides is 1. The SMILES string of the molecule is C[NH+]1CC[NH+](CC(=O)Nc2nc3ccccc3s2)CC1. The second kappa shape index (κ2) is 5.87. The summed E-state index contributed by atoms with van der Waals surface area (Å²) in [6, 6.07) is 7.94. The van der Waals surface area contributed by atoms with E-state index in [1.54, 1.807) is 4.90 Å². The van der Waals surface area contributed by atoms with Crippen molar-refractivity contribution in [1.82, 2.24) is 4.98 Å². The zero-order valence-electron chi connectivity index (χ0n) is 11.6. The molecule has 0 aliphatic carbocycles. The van der Waals surface area contributed by atoms with E-state index in [0.717, 1.165) is 36.4 Å².